The molecule has 3 N–H and O–H groups in total. The van der Waals surface area contributed by atoms with E-state index in [1.54, 1.807) is 31.2 Å². The summed E-state index contributed by atoms with van der Waals surface area (Å²) in [6, 6.07) is 11.3. The molecule has 0 unspecified atom stereocenters. The molecule has 10 nitrogen and oxygen atoms in total. The molecule has 0 fully saturated rings. The summed E-state index contributed by atoms with van der Waals surface area (Å²) in [6.45, 7) is 3.81. The first-order valence-corrected chi connectivity index (χ1v) is 18.6. The molecular formula is C36H46N4O6S2. The standard InChI is InChI=1S/C36H46N4O6S2/c1-4-6-7-8-12-18-33(42)48-21-14-13-17-26-23-32(41)37-24-30-31(47-3)20-19-28(38-30)35(44)39-27(5-2)34(43)40-29(36(45)46-26)22-25-15-10-9-11-16-25/h5,9-11,13,15-17,19-20,26,29H,4,6-8,12,14,18,21-24H2,1-3H3,(H,37,41)(H,39,44)(H,40,43)/b17-13+,27-5-/t26-,29+/m1/s1. The first kappa shape index (κ1) is 38.5. The Bertz CT molecular complexity index is 1460. The Morgan fingerprint density at radius 3 is 2.52 bits per heavy atom. The lowest BCUT2D eigenvalue weighted by atomic mass is 10.1. The number of hydrogen-bond donors (Lipinski definition) is 3. The van der Waals surface area contributed by atoms with Gasteiger partial charge in [0.05, 0.1) is 18.7 Å². The Labute approximate surface area is 291 Å². The number of rotatable bonds is 13. The van der Waals surface area contributed by atoms with Gasteiger partial charge in [-0.05, 0) is 49.8 Å². The third kappa shape index (κ3) is 13.3. The van der Waals surface area contributed by atoms with Gasteiger partial charge >= 0.3 is 5.97 Å². The molecule has 2 atom stereocenters. The van der Waals surface area contributed by atoms with Crippen LogP contribution >= 0.6 is 23.5 Å². The summed E-state index contributed by atoms with van der Waals surface area (Å²) < 4.78 is 5.84. The van der Waals surface area contributed by atoms with Crippen molar-refractivity contribution in [2.24, 2.45) is 0 Å². The first-order chi connectivity index (χ1) is 23.2. The fourth-order valence-electron chi connectivity index (χ4n) is 4.90. The Morgan fingerprint density at radius 1 is 1.02 bits per heavy atom. The van der Waals surface area contributed by atoms with Gasteiger partial charge in [0.25, 0.3) is 11.8 Å². The van der Waals surface area contributed by atoms with Gasteiger partial charge in [0.1, 0.15) is 23.5 Å². The van der Waals surface area contributed by atoms with E-state index in [0.29, 0.717) is 24.3 Å². The highest BCUT2D eigenvalue weighted by atomic mass is 32.2. The van der Waals surface area contributed by atoms with Crippen LogP contribution in [-0.2, 0) is 36.9 Å². The number of fused-ring (bicyclic) bond motifs is 2. The molecule has 2 heterocycles. The lowest BCUT2D eigenvalue weighted by Crippen LogP contribution is -2.47. The molecule has 1 aliphatic heterocycles. The fourth-order valence-corrected chi connectivity index (χ4v) is 6.23. The van der Waals surface area contributed by atoms with Crippen LogP contribution in [-0.4, -0.2) is 57.9 Å². The molecule has 258 valence electrons. The van der Waals surface area contributed by atoms with Crippen LogP contribution in [0.4, 0.5) is 0 Å². The zero-order valence-electron chi connectivity index (χ0n) is 27.9. The Kier molecular flexibility index (Phi) is 17.0. The number of esters is 1. The van der Waals surface area contributed by atoms with Gasteiger partial charge in [-0.1, -0.05) is 86.9 Å². The fraction of sp³-hybridized carbons (Fsp3) is 0.444. The molecule has 1 aromatic heterocycles. The van der Waals surface area contributed by atoms with Crippen LogP contribution in [0.1, 0.15) is 87.0 Å². The molecule has 3 amide bonds. The predicted octanol–water partition coefficient (Wildman–Crippen LogP) is 5.66. The van der Waals surface area contributed by atoms with E-state index in [1.165, 1.54) is 36.0 Å². The summed E-state index contributed by atoms with van der Waals surface area (Å²) in [5, 5.41) is 8.29. The molecule has 3 rings (SSSR count). The van der Waals surface area contributed by atoms with Crippen molar-refractivity contribution >= 4 is 52.3 Å². The van der Waals surface area contributed by atoms with Crippen molar-refractivity contribution in [3.63, 3.8) is 0 Å². The van der Waals surface area contributed by atoms with E-state index < -0.39 is 29.9 Å². The van der Waals surface area contributed by atoms with Gasteiger partial charge in [-0.3, -0.25) is 19.2 Å². The zero-order chi connectivity index (χ0) is 34.7. The van der Waals surface area contributed by atoms with E-state index in [9.17, 15) is 24.0 Å². The average molecular weight is 695 g/mol. The van der Waals surface area contributed by atoms with Crippen molar-refractivity contribution in [2.75, 3.05) is 12.0 Å². The van der Waals surface area contributed by atoms with E-state index in [4.69, 9.17) is 4.74 Å². The summed E-state index contributed by atoms with van der Waals surface area (Å²) >= 11 is 2.71. The number of thioether (sulfide) groups is 2. The highest BCUT2D eigenvalue weighted by Crippen LogP contribution is 2.20. The van der Waals surface area contributed by atoms with Crippen LogP contribution in [0, 0.1) is 0 Å². The molecule has 1 aromatic carbocycles. The molecule has 1 aliphatic rings. The normalized spacial score (nSPS) is 18.7. The van der Waals surface area contributed by atoms with Crippen LogP contribution in [0.25, 0.3) is 0 Å². The predicted molar refractivity (Wildman–Crippen MR) is 190 cm³/mol. The molecule has 0 aliphatic carbocycles. The topological polar surface area (TPSA) is 144 Å². The second kappa shape index (κ2) is 21.1. The Morgan fingerprint density at radius 2 is 1.79 bits per heavy atom. The number of cyclic esters (lactones) is 1. The minimum Gasteiger partial charge on any atom is -0.456 e. The Hall–Kier alpha value is -3.90. The van der Waals surface area contributed by atoms with Gasteiger partial charge in [-0.25, -0.2) is 9.78 Å². The van der Waals surface area contributed by atoms with Crippen LogP contribution in [0.3, 0.4) is 0 Å². The number of amides is 3. The van der Waals surface area contributed by atoms with Crippen LogP contribution in [0.5, 0.6) is 0 Å². The van der Waals surface area contributed by atoms with Crippen LogP contribution < -0.4 is 16.0 Å². The third-order valence-electron chi connectivity index (χ3n) is 7.53. The second-order valence-corrected chi connectivity index (χ2v) is 13.3. The summed E-state index contributed by atoms with van der Waals surface area (Å²) in [5.74, 6) is -1.83. The van der Waals surface area contributed by atoms with Crippen molar-refractivity contribution in [3.05, 3.63) is 83.3 Å². The first-order valence-electron chi connectivity index (χ1n) is 16.4. The van der Waals surface area contributed by atoms with Crippen molar-refractivity contribution in [1.29, 1.82) is 0 Å². The van der Waals surface area contributed by atoms with Gasteiger partial charge < -0.3 is 20.7 Å². The van der Waals surface area contributed by atoms with E-state index in [2.05, 4.69) is 27.9 Å². The number of ether oxygens (including phenoxy) is 1. The number of benzene rings is 1. The highest BCUT2D eigenvalue weighted by molar-refractivity contribution is 8.13. The molecule has 2 bridgehead atoms. The number of nitrogens with zero attached hydrogens (tertiary/aromatic N) is 1. The number of aromatic nitrogens is 1. The molecule has 12 heteroatoms. The van der Waals surface area contributed by atoms with Crippen molar-refractivity contribution < 1.29 is 28.7 Å². The van der Waals surface area contributed by atoms with Gasteiger partial charge in [0, 0.05) is 23.5 Å². The number of unbranched alkanes of at least 4 members (excludes halogenated alkanes) is 4. The third-order valence-corrected chi connectivity index (χ3v) is 9.31. The maximum Gasteiger partial charge on any atom is 0.329 e. The van der Waals surface area contributed by atoms with Gasteiger partial charge in [-0.15, -0.1) is 11.8 Å². The SMILES string of the molecule is C/C=C1\NC(=O)c2ccc(SC)c(n2)CNC(=O)C[C@@H](/C=C/CCSC(=O)CCCCCCC)OC(=O)[C@H](Cc2ccccc2)NC1=O. The summed E-state index contributed by atoms with van der Waals surface area (Å²) in [4.78, 5) is 70.7. The quantitative estimate of drug-likeness (QED) is 0.0796. The van der Waals surface area contributed by atoms with Gasteiger partial charge in [0.15, 0.2) is 5.12 Å². The molecular weight excluding hydrogens is 649 g/mol. The monoisotopic (exact) mass is 694 g/mol. The van der Waals surface area contributed by atoms with E-state index >= 15 is 0 Å². The number of carbonyl (C=O) groups is 5. The van der Waals surface area contributed by atoms with E-state index in [-0.39, 0.29) is 41.8 Å². The molecule has 0 saturated heterocycles. The summed E-state index contributed by atoms with van der Waals surface area (Å²) in [5.41, 5.74) is 1.29. The van der Waals surface area contributed by atoms with Crippen LogP contribution in [0.2, 0.25) is 0 Å². The molecule has 2 aromatic rings. The van der Waals surface area contributed by atoms with Crippen molar-refractivity contribution in [3.8, 4) is 0 Å². The number of hydrogen-bond acceptors (Lipinski definition) is 9. The van der Waals surface area contributed by atoms with Crippen molar-refractivity contribution in [1.82, 2.24) is 20.9 Å². The zero-order valence-corrected chi connectivity index (χ0v) is 29.6. The molecule has 0 saturated carbocycles. The van der Waals surface area contributed by atoms with E-state index in [0.717, 1.165) is 36.1 Å². The smallest absolute Gasteiger partial charge is 0.329 e. The molecule has 0 radical (unpaired) electrons. The average Bonchev–Trinajstić information content (AvgIpc) is 3.08. The number of pyridine rings is 1. The lowest BCUT2D eigenvalue weighted by Gasteiger charge is -2.22. The minimum atomic E-state index is -1.12. The minimum absolute atomic E-state index is 0.0469. The molecule has 0 spiro atoms. The number of carbonyl (C=O) groups excluding carboxylic acids is 5. The lowest BCUT2D eigenvalue weighted by molar-refractivity contribution is -0.151. The van der Waals surface area contributed by atoms with Crippen molar-refractivity contribution in [2.45, 2.75) is 95.2 Å². The summed E-state index contributed by atoms with van der Waals surface area (Å²) in [6.07, 6.45) is 12.3. The van der Waals surface area contributed by atoms with Crippen LogP contribution in [0.15, 0.2) is 71.3 Å². The number of nitrogens with one attached hydrogen (secondary N) is 3. The maximum atomic E-state index is 13.6. The van der Waals surface area contributed by atoms with Gasteiger partial charge in [-0.2, -0.15) is 0 Å². The second-order valence-electron chi connectivity index (χ2n) is 11.3. The summed E-state index contributed by atoms with van der Waals surface area (Å²) in [7, 11) is 0. The largest absolute Gasteiger partial charge is 0.456 e. The molecule has 48 heavy (non-hydrogen) atoms. The number of allylic oxidation sites excluding steroid dienone is 2. The maximum absolute atomic E-state index is 13.6. The van der Waals surface area contributed by atoms with E-state index in [1.807, 2.05) is 36.6 Å². The highest BCUT2D eigenvalue weighted by Gasteiger charge is 2.28. The van der Waals surface area contributed by atoms with Gasteiger partial charge in [0.2, 0.25) is 5.91 Å². The Balaban J connectivity index is 1.81.